The molecular weight excluding hydrogens is 319 g/mol. The van der Waals surface area contributed by atoms with E-state index < -0.39 is 34.9 Å². The second-order valence-corrected chi connectivity index (χ2v) is 4.26. The number of nitrogens with two attached hydrogens (primary N) is 1. The number of carbonyl (C=O) groups is 2. The van der Waals surface area contributed by atoms with E-state index in [4.69, 9.17) is 5.73 Å². The zero-order valence-electron chi connectivity index (χ0n) is 8.97. The molecule has 1 aromatic rings. The third kappa shape index (κ3) is 3.22. The minimum absolute atomic E-state index is 0.158. The van der Waals surface area contributed by atoms with E-state index in [0.717, 1.165) is 6.07 Å². The molecule has 4 nitrogen and oxygen atoms in total. The van der Waals surface area contributed by atoms with Gasteiger partial charge in [-0.2, -0.15) is 8.78 Å². The number of ketones is 1. The lowest BCUT2D eigenvalue weighted by Gasteiger charge is -2.13. The standard InChI is InChI=1S/C10H7BrF3NO3/c1-10(13,14)8(16)4-2-6(12)5(11)3-7(4)18-9(15)17/h2-3H,1H3,(H2,15,17). The number of Topliss-reactive ketones (excluding diaryl/α,β-unsaturated/α-hetero) is 1. The van der Waals surface area contributed by atoms with Gasteiger partial charge < -0.3 is 10.5 Å². The summed E-state index contributed by atoms with van der Waals surface area (Å²) in [6.45, 7) is 0.351. The van der Waals surface area contributed by atoms with Gasteiger partial charge in [-0.25, -0.2) is 9.18 Å². The van der Waals surface area contributed by atoms with Crippen molar-refractivity contribution in [2.75, 3.05) is 0 Å². The molecule has 0 fully saturated rings. The molecule has 0 saturated carbocycles. The van der Waals surface area contributed by atoms with Crippen LogP contribution in [-0.2, 0) is 0 Å². The number of ether oxygens (including phenoxy) is 1. The molecular formula is C10H7BrF3NO3. The minimum atomic E-state index is -3.73. The molecule has 98 valence electrons. The fourth-order valence-electron chi connectivity index (χ4n) is 1.14. The molecule has 1 aromatic carbocycles. The quantitative estimate of drug-likeness (QED) is 0.869. The van der Waals surface area contributed by atoms with Crippen molar-refractivity contribution in [2.45, 2.75) is 12.8 Å². The van der Waals surface area contributed by atoms with Crippen molar-refractivity contribution in [1.82, 2.24) is 0 Å². The van der Waals surface area contributed by atoms with E-state index in [1.54, 1.807) is 0 Å². The van der Waals surface area contributed by atoms with Crippen molar-refractivity contribution in [3.8, 4) is 5.75 Å². The van der Waals surface area contributed by atoms with Crippen molar-refractivity contribution in [2.24, 2.45) is 5.73 Å². The van der Waals surface area contributed by atoms with Crippen molar-refractivity contribution < 1.29 is 27.5 Å². The maximum Gasteiger partial charge on any atom is 0.409 e. The van der Waals surface area contributed by atoms with Crippen LogP contribution >= 0.6 is 15.9 Å². The van der Waals surface area contributed by atoms with Crippen LogP contribution < -0.4 is 10.5 Å². The molecule has 0 bridgehead atoms. The first-order valence-electron chi connectivity index (χ1n) is 4.52. The van der Waals surface area contributed by atoms with Gasteiger partial charge in [0.1, 0.15) is 11.6 Å². The van der Waals surface area contributed by atoms with Crippen LogP contribution in [0.4, 0.5) is 18.0 Å². The predicted octanol–water partition coefficient (Wildman–Crippen LogP) is 2.88. The van der Waals surface area contributed by atoms with Gasteiger partial charge in [0.15, 0.2) is 0 Å². The molecule has 0 unspecified atom stereocenters. The first-order valence-corrected chi connectivity index (χ1v) is 5.31. The molecule has 18 heavy (non-hydrogen) atoms. The highest BCUT2D eigenvalue weighted by molar-refractivity contribution is 9.10. The van der Waals surface area contributed by atoms with E-state index in [9.17, 15) is 22.8 Å². The maximum atomic E-state index is 13.2. The first kappa shape index (κ1) is 14.5. The van der Waals surface area contributed by atoms with Gasteiger partial charge in [0.2, 0.25) is 5.78 Å². The lowest BCUT2D eigenvalue weighted by molar-refractivity contribution is 0.0219. The van der Waals surface area contributed by atoms with E-state index in [0.29, 0.717) is 13.0 Å². The van der Waals surface area contributed by atoms with Crippen molar-refractivity contribution in [3.05, 3.63) is 28.0 Å². The zero-order chi connectivity index (χ0) is 14.1. The van der Waals surface area contributed by atoms with Gasteiger partial charge in [-0.05, 0) is 28.1 Å². The molecule has 2 N–H and O–H groups in total. The number of rotatable bonds is 3. The summed E-state index contributed by atoms with van der Waals surface area (Å²) < 4.78 is 43.2. The number of carbonyl (C=O) groups excluding carboxylic acids is 2. The van der Waals surface area contributed by atoms with Gasteiger partial charge in [0, 0.05) is 6.92 Å². The Labute approximate surface area is 108 Å². The summed E-state index contributed by atoms with van der Waals surface area (Å²) >= 11 is 2.76. The van der Waals surface area contributed by atoms with Crippen molar-refractivity contribution in [3.63, 3.8) is 0 Å². The fourth-order valence-corrected chi connectivity index (χ4v) is 1.46. The number of amides is 1. The average Bonchev–Trinajstić information content (AvgIpc) is 2.20. The minimum Gasteiger partial charge on any atom is -0.410 e. The summed E-state index contributed by atoms with van der Waals surface area (Å²) in [4.78, 5) is 21.9. The second-order valence-electron chi connectivity index (χ2n) is 3.40. The van der Waals surface area contributed by atoms with Gasteiger partial charge >= 0.3 is 12.0 Å². The predicted molar refractivity (Wildman–Crippen MR) is 59.3 cm³/mol. The topological polar surface area (TPSA) is 69.4 Å². The average molecular weight is 326 g/mol. The van der Waals surface area contributed by atoms with E-state index in [-0.39, 0.29) is 4.47 Å². The summed E-state index contributed by atoms with van der Waals surface area (Å²) in [6, 6.07) is 1.42. The number of alkyl halides is 2. The third-order valence-electron chi connectivity index (χ3n) is 1.88. The van der Waals surface area contributed by atoms with Crippen molar-refractivity contribution in [1.29, 1.82) is 0 Å². The van der Waals surface area contributed by atoms with Crippen LogP contribution in [0.1, 0.15) is 17.3 Å². The molecule has 0 aromatic heterocycles. The Kier molecular flexibility index (Phi) is 4.00. The van der Waals surface area contributed by atoms with Crippen LogP contribution in [0.5, 0.6) is 5.75 Å². The van der Waals surface area contributed by atoms with Gasteiger partial charge in [0.05, 0.1) is 10.0 Å². The number of primary amides is 1. The van der Waals surface area contributed by atoms with Crippen LogP contribution in [0.15, 0.2) is 16.6 Å². The number of halogens is 4. The van der Waals surface area contributed by atoms with Crippen LogP contribution in [0.2, 0.25) is 0 Å². The lowest BCUT2D eigenvalue weighted by atomic mass is 10.1. The molecule has 0 aliphatic carbocycles. The van der Waals surface area contributed by atoms with Crippen LogP contribution in [0.3, 0.4) is 0 Å². The Morgan fingerprint density at radius 1 is 1.39 bits per heavy atom. The second kappa shape index (κ2) is 4.97. The summed E-state index contributed by atoms with van der Waals surface area (Å²) in [6.07, 6.45) is -1.30. The largest absolute Gasteiger partial charge is 0.410 e. The highest BCUT2D eigenvalue weighted by Gasteiger charge is 2.36. The van der Waals surface area contributed by atoms with Crippen LogP contribution in [0, 0.1) is 5.82 Å². The fraction of sp³-hybridized carbons (Fsp3) is 0.200. The Bertz CT molecular complexity index is 514. The van der Waals surface area contributed by atoms with Gasteiger partial charge in [-0.15, -0.1) is 0 Å². The molecule has 0 aliphatic rings. The molecule has 0 saturated heterocycles. The normalized spacial score (nSPS) is 11.2. The highest BCUT2D eigenvalue weighted by Crippen LogP contribution is 2.31. The Morgan fingerprint density at radius 2 is 1.94 bits per heavy atom. The van der Waals surface area contributed by atoms with E-state index >= 15 is 0 Å². The number of benzene rings is 1. The summed E-state index contributed by atoms with van der Waals surface area (Å²) in [7, 11) is 0. The van der Waals surface area contributed by atoms with E-state index in [1.807, 2.05) is 0 Å². The molecule has 0 aliphatic heterocycles. The van der Waals surface area contributed by atoms with Gasteiger partial charge in [-0.3, -0.25) is 4.79 Å². The lowest BCUT2D eigenvalue weighted by Crippen LogP contribution is -2.26. The van der Waals surface area contributed by atoms with Crippen LogP contribution in [-0.4, -0.2) is 17.8 Å². The molecule has 0 atom stereocenters. The van der Waals surface area contributed by atoms with Gasteiger partial charge in [-0.1, -0.05) is 0 Å². The number of hydrogen-bond acceptors (Lipinski definition) is 3. The first-order chi connectivity index (χ1) is 8.12. The Balaban J connectivity index is 3.36. The summed E-state index contributed by atoms with van der Waals surface area (Å²) in [5, 5.41) is 0. The van der Waals surface area contributed by atoms with Gasteiger partial charge in [0.25, 0.3) is 0 Å². The molecule has 0 spiro atoms. The number of hydrogen-bond donors (Lipinski definition) is 1. The summed E-state index contributed by atoms with van der Waals surface area (Å²) in [5.41, 5.74) is 3.96. The Morgan fingerprint density at radius 3 is 2.39 bits per heavy atom. The SMILES string of the molecule is CC(F)(F)C(=O)c1cc(F)c(Br)cc1OC(N)=O. The molecule has 8 heteroatoms. The molecule has 1 amide bonds. The van der Waals surface area contributed by atoms with E-state index in [1.165, 1.54) is 0 Å². The third-order valence-corrected chi connectivity index (χ3v) is 2.48. The van der Waals surface area contributed by atoms with Crippen LogP contribution in [0.25, 0.3) is 0 Å². The summed E-state index contributed by atoms with van der Waals surface area (Å²) in [5.74, 6) is -6.89. The molecule has 0 radical (unpaired) electrons. The molecule has 0 heterocycles. The maximum absolute atomic E-state index is 13.2. The smallest absolute Gasteiger partial charge is 0.409 e. The monoisotopic (exact) mass is 325 g/mol. The highest BCUT2D eigenvalue weighted by atomic mass is 79.9. The Hall–Kier alpha value is -1.57. The van der Waals surface area contributed by atoms with Crippen molar-refractivity contribution >= 4 is 27.8 Å². The van der Waals surface area contributed by atoms with E-state index in [2.05, 4.69) is 20.7 Å². The molecule has 1 rings (SSSR count). The zero-order valence-corrected chi connectivity index (χ0v) is 10.6.